The molecule has 5 nitrogen and oxygen atoms in total. The zero-order valence-corrected chi connectivity index (χ0v) is 20.9. The first-order valence-electron chi connectivity index (χ1n) is 11.6. The third-order valence-electron chi connectivity index (χ3n) is 4.37. The van der Waals surface area contributed by atoms with E-state index in [4.69, 9.17) is 20.4 Å². The molecule has 0 atom stereocenters. The highest BCUT2D eigenvalue weighted by atomic mass is 16.3. The number of hydrogen-bond donors (Lipinski definition) is 4. The van der Waals surface area contributed by atoms with Crippen LogP contribution in [0.1, 0.15) is 20.8 Å². The van der Waals surface area contributed by atoms with Gasteiger partial charge in [0.1, 0.15) is 23.0 Å². The zero-order valence-electron chi connectivity index (χ0n) is 20.9. The molecule has 0 saturated carbocycles. The molecule has 0 spiro atoms. The highest BCUT2D eigenvalue weighted by Crippen LogP contribution is 2.04. The van der Waals surface area contributed by atoms with Gasteiger partial charge in [-0.25, -0.2) is 0 Å². The predicted octanol–water partition coefficient (Wildman–Crippen LogP) is 6.92. The molecule has 4 aromatic rings. The molecule has 4 N–H and O–H groups in total. The summed E-state index contributed by atoms with van der Waals surface area (Å²) in [6, 6.07) is 34.9. The average Bonchev–Trinajstić information content (AvgIpc) is 2.89. The largest absolute Gasteiger partial charge is 0.508 e. The van der Waals surface area contributed by atoms with Crippen LogP contribution in [-0.4, -0.2) is 45.0 Å². The minimum absolute atomic E-state index is 0.322. The van der Waals surface area contributed by atoms with E-state index in [1.54, 1.807) is 97.1 Å². The number of hydrogen-bond acceptors (Lipinski definition) is 5. The lowest BCUT2D eigenvalue weighted by atomic mass is 10.3. The summed E-state index contributed by atoms with van der Waals surface area (Å²) >= 11 is 0. The Morgan fingerprint density at radius 1 is 0.371 bits per heavy atom. The second-order valence-corrected chi connectivity index (χ2v) is 6.96. The first-order chi connectivity index (χ1) is 16.9. The van der Waals surface area contributed by atoms with Crippen molar-refractivity contribution in [3.8, 4) is 23.0 Å². The van der Waals surface area contributed by atoms with E-state index in [1.165, 1.54) is 19.6 Å². The number of aromatic hydroxyl groups is 4. The van der Waals surface area contributed by atoms with Gasteiger partial charge < -0.3 is 25.3 Å². The summed E-state index contributed by atoms with van der Waals surface area (Å²) in [5, 5.41) is 34.5. The summed E-state index contributed by atoms with van der Waals surface area (Å²) in [5.74, 6) is 1.29. The topological polar surface area (TPSA) is 84.2 Å². The molecular weight excluding hydrogens is 438 g/mol. The zero-order chi connectivity index (χ0) is 26.2. The Morgan fingerprint density at radius 3 is 0.600 bits per heavy atom. The molecular formula is C30H39NO4. The van der Waals surface area contributed by atoms with Crippen LogP contribution in [0.15, 0.2) is 121 Å². The van der Waals surface area contributed by atoms with Gasteiger partial charge in [-0.3, -0.25) is 0 Å². The normalized spacial score (nSPS) is 8.91. The maximum Gasteiger partial charge on any atom is 0.115 e. The van der Waals surface area contributed by atoms with Crippen molar-refractivity contribution in [1.29, 1.82) is 0 Å². The molecule has 0 unspecified atom stereocenters. The molecule has 0 bridgehead atoms. The first-order valence-corrected chi connectivity index (χ1v) is 11.6. The summed E-state index contributed by atoms with van der Waals surface area (Å²) in [5.41, 5.74) is 0. The Hall–Kier alpha value is -3.96. The smallest absolute Gasteiger partial charge is 0.115 e. The number of para-hydroxylation sites is 4. The van der Waals surface area contributed by atoms with Crippen molar-refractivity contribution < 1.29 is 20.4 Å². The van der Waals surface area contributed by atoms with E-state index < -0.39 is 0 Å². The molecule has 0 radical (unpaired) electrons. The van der Waals surface area contributed by atoms with Gasteiger partial charge in [-0.15, -0.1) is 0 Å². The summed E-state index contributed by atoms with van der Waals surface area (Å²) < 4.78 is 0. The molecule has 0 aliphatic carbocycles. The lowest BCUT2D eigenvalue weighted by molar-refractivity contribution is 0.321. The molecule has 0 aliphatic heterocycles. The lowest BCUT2D eigenvalue weighted by Crippen LogP contribution is -2.21. The van der Waals surface area contributed by atoms with Crippen molar-refractivity contribution in [3.05, 3.63) is 121 Å². The fourth-order valence-corrected chi connectivity index (χ4v) is 2.38. The fourth-order valence-electron chi connectivity index (χ4n) is 2.38. The number of nitrogens with zero attached hydrogens (tertiary/aromatic N) is 1. The third-order valence-corrected chi connectivity index (χ3v) is 4.37. The molecule has 188 valence electrons. The monoisotopic (exact) mass is 477 g/mol. The van der Waals surface area contributed by atoms with E-state index >= 15 is 0 Å². The molecule has 0 amide bonds. The van der Waals surface area contributed by atoms with Crippen LogP contribution in [-0.2, 0) is 0 Å². The second kappa shape index (κ2) is 21.9. The summed E-state index contributed by atoms with van der Waals surface area (Å²) in [6.07, 6.45) is 0. The molecule has 0 fully saturated rings. The Balaban J connectivity index is 0.000000413. The van der Waals surface area contributed by atoms with Crippen LogP contribution in [0.25, 0.3) is 0 Å². The van der Waals surface area contributed by atoms with Gasteiger partial charge in [0.15, 0.2) is 0 Å². The van der Waals surface area contributed by atoms with E-state index in [0.717, 1.165) is 0 Å². The molecule has 0 saturated heterocycles. The van der Waals surface area contributed by atoms with Gasteiger partial charge in [-0.05, 0) is 68.2 Å². The maximum atomic E-state index is 8.63. The van der Waals surface area contributed by atoms with Gasteiger partial charge in [-0.1, -0.05) is 93.6 Å². The maximum absolute atomic E-state index is 8.63. The minimum atomic E-state index is 0.322. The first kappa shape index (κ1) is 31.0. The van der Waals surface area contributed by atoms with E-state index in [-0.39, 0.29) is 0 Å². The molecule has 4 aromatic carbocycles. The van der Waals surface area contributed by atoms with Crippen molar-refractivity contribution in [2.75, 3.05) is 19.6 Å². The van der Waals surface area contributed by atoms with Gasteiger partial charge in [0.05, 0.1) is 0 Å². The number of phenols is 4. The minimum Gasteiger partial charge on any atom is -0.508 e. The van der Waals surface area contributed by atoms with E-state index in [9.17, 15) is 0 Å². The van der Waals surface area contributed by atoms with Crippen molar-refractivity contribution in [2.24, 2.45) is 0 Å². The van der Waals surface area contributed by atoms with Crippen LogP contribution < -0.4 is 0 Å². The average molecular weight is 478 g/mol. The van der Waals surface area contributed by atoms with Gasteiger partial charge in [0.25, 0.3) is 0 Å². The van der Waals surface area contributed by atoms with Gasteiger partial charge in [0.2, 0.25) is 0 Å². The van der Waals surface area contributed by atoms with Crippen molar-refractivity contribution >= 4 is 0 Å². The SMILES string of the molecule is CCN(CC)CC.Oc1ccccc1.Oc1ccccc1.Oc1ccccc1.Oc1ccccc1. The molecule has 0 heterocycles. The van der Waals surface area contributed by atoms with Crippen molar-refractivity contribution in [1.82, 2.24) is 4.90 Å². The standard InChI is InChI=1S/C6H15N.4C6H6O/c1-4-7(5-2)6-3;4*7-6-4-2-1-3-5-6/h4-6H2,1-3H3;4*1-5,7H. The van der Waals surface area contributed by atoms with Gasteiger partial charge >= 0.3 is 0 Å². The lowest BCUT2D eigenvalue weighted by Gasteiger charge is -2.13. The van der Waals surface area contributed by atoms with E-state index in [1.807, 2.05) is 24.3 Å². The van der Waals surface area contributed by atoms with Crippen LogP contribution in [0.2, 0.25) is 0 Å². The molecule has 35 heavy (non-hydrogen) atoms. The third kappa shape index (κ3) is 20.4. The molecule has 5 heteroatoms. The Morgan fingerprint density at radius 2 is 0.543 bits per heavy atom. The predicted molar refractivity (Wildman–Crippen MR) is 146 cm³/mol. The number of benzene rings is 4. The van der Waals surface area contributed by atoms with Crippen LogP contribution in [0, 0.1) is 0 Å². The Labute approximate surface area is 210 Å². The van der Waals surface area contributed by atoms with E-state index in [0.29, 0.717) is 23.0 Å². The Kier molecular flexibility index (Phi) is 19.4. The highest BCUT2D eigenvalue weighted by molar-refractivity contribution is 5.20. The molecule has 4 rings (SSSR count). The quantitative estimate of drug-likeness (QED) is 0.257. The van der Waals surface area contributed by atoms with E-state index in [2.05, 4.69) is 25.7 Å². The summed E-state index contributed by atoms with van der Waals surface area (Å²) in [4.78, 5) is 2.38. The number of phenolic OH excluding ortho intramolecular Hbond substituents is 4. The Bertz CT molecular complexity index is 777. The summed E-state index contributed by atoms with van der Waals surface area (Å²) in [7, 11) is 0. The number of rotatable bonds is 3. The van der Waals surface area contributed by atoms with Crippen molar-refractivity contribution in [3.63, 3.8) is 0 Å². The van der Waals surface area contributed by atoms with Crippen LogP contribution >= 0.6 is 0 Å². The second-order valence-electron chi connectivity index (χ2n) is 6.96. The van der Waals surface area contributed by atoms with Gasteiger partial charge in [-0.2, -0.15) is 0 Å². The molecule has 0 aromatic heterocycles. The van der Waals surface area contributed by atoms with Gasteiger partial charge in [0, 0.05) is 0 Å². The summed E-state index contributed by atoms with van der Waals surface area (Å²) in [6.45, 7) is 10.1. The van der Waals surface area contributed by atoms with Crippen molar-refractivity contribution in [2.45, 2.75) is 20.8 Å². The van der Waals surface area contributed by atoms with Crippen LogP contribution in [0.4, 0.5) is 0 Å². The van der Waals surface area contributed by atoms with Crippen LogP contribution in [0.5, 0.6) is 23.0 Å². The van der Waals surface area contributed by atoms with Crippen LogP contribution in [0.3, 0.4) is 0 Å². The highest BCUT2D eigenvalue weighted by Gasteiger charge is 1.89. The molecule has 0 aliphatic rings. The fraction of sp³-hybridized carbons (Fsp3) is 0.200.